The Morgan fingerprint density at radius 2 is 2.00 bits per heavy atom. The first-order chi connectivity index (χ1) is 11.5. The average Bonchev–Trinajstić information content (AvgIpc) is 2.66. The smallest absolute Gasteiger partial charge is 0.328 e. The first-order valence-electron chi connectivity index (χ1n) is 7.26. The summed E-state index contributed by atoms with van der Waals surface area (Å²) in [7, 11) is -4.22. The van der Waals surface area contributed by atoms with Gasteiger partial charge in [0.15, 0.2) is 21.3 Å². The Morgan fingerprint density at radius 3 is 2.48 bits per heavy atom. The van der Waals surface area contributed by atoms with Crippen LogP contribution >= 0.6 is 0 Å². The van der Waals surface area contributed by atoms with E-state index in [0.29, 0.717) is 4.90 Å². The molecule has 1 aromatic heterocycles. The molecule has 134 valence electrons. The third-order valence-electron chi connectivity index (χ3n) is 4.61. The zero-order chi connectivity index (χ0) is 18.7. The lowest BCUT2D eigenvalue weighted by Crippen LogP contribution is -2.59. The molecule has 2 fully saturated rings. The van der Waals surface area contributed by atoms with Gasteiger partial charge in [-0.2, -0.15) is 0 Å². The topological polar surface area (TPSA) is 105 Å². The van der Waals surface area contributed by atoms with Crippen LogP contribution in [0.4, 0.5) is 8.78 Å². The van der Waals surface area contributed by atoms with Gasteiger partial charge in [-0.25, -0.2) is 22.0 Å². The largest absolute Gasteiger partial charge is 0.480 e. The minimum Gasteiger partial charge on any atom is -0.480 e. The lowest BCUT2D eigenvalue weighted by atomic mass is 9.91. The molecule has 2 atom stereocenters. The molecule has 0 bridgehead atoms. The van der Waals surface area contributed by atoms with Crippen LogP contribution in [0.25, 0.3) is 5.57 Å². The van der Waals surface area contributed by atoms with Gasteiger partial charge in [0.1, 0.15) is 4.75 Å². The summed E-state index contributed by atoms with van der Waals surface area (Å²) in [6.07, 6.45) is -1.90. The number of halogens is 2. The number of hydrogen-bond acceptors (Lipinski definition) is 5. The van der Waals surface area contributed by atoms with Gasteiger partial charge in [0.05, 0.1) is 16.8 Å². The van der Waals surface area contributed by atoms with Crippen LogP contribution in [-0.4, -0.2) is 57.9 Å². The normalized spacial score (nSPS) is 28.5. The van der Waals surface area contributed by atoms with Crippen LogP contribution in [0.3, 0.4) is 0 Å². The lowest BCUT2D eigenvalue weighted by Gasteiger charge is -2.39. The molecule has 2 saturated heterocycles. The van der Waals surface area contributed by atoms with Crippen molar-refractivity contribution in [3.63, 3.8) is 0 Å². The quantitative estimate of drug-likeness (QED) is 0.625. The lowest BCUT2D eigenvalue weighted by molar-refractivity contribution is -0.152. The molecule has 2 aliphatic rings. The van der Waals surface area contributed by atoms with E-state index in [2.05, 4.69) is 4.98 Å². The Labute approximate surface area is 141 Å². The molecule has 0 radical (unpaired) electrons. The summed E-state index contributed by atoms with van der Waals surface area (Å²) < 4.78 is 50.9. The van der Waals surface area contributed by atoms with Crippen molar-refractivity contribution in [2.75, 3.05) is 0 Å². The summed E-state index contributed by atoms with van der Waals surface area (Å²) >= 11 is 0. The number of hydrogen-bond donors (Lipinski definition) is 1. The van der Waals surface area contributed by atoms with Gasteiger partial charge in [0.2, 0.25) is 0 Å². The molecule has 3 heterocycles. The second-order valence-corrected chi connectivity index (χ2v) is 8.89. The van der Waals surface area contributed by atoms with Crippen LogP contribution in [0.5, 0.6) is 0 Å². The number of carboxylic acid groups (broad SMARTS) is 1. The third kappa shape index (κ3) is 2.13. The zero-order valence-corrected chi connectivity index (χ0v) is 14.0. The van der Waals surface area contributed by atoms with Crippen molar-refractivity contribution in [2.24, 2.45) is 0 Å². The second-order valence-electron chi connectivity index (χ2n) is 6.30. The number of aliphatic carboxylic acids is 1. The number of nitrogens with zero attached hydrogens (tertiary/aromatic N) is 2. The van der Waals surface area contributed by atoms with E-state index in [-0.39, 0.29) is 5.69 Å². The SMILES string of the molecule is CC1(C)[C@H](C(=O)O)N2C(=O)/C(=C(/c3ccccn3)C(F)F)[C@H]2S1(=O)=O. The monoisotopic (exact) mass is 372 g/mol. The van der Waals surface area contributed by atoms with E-state index in [1.807, 2.05) is 0 Å². The summed E-state index contributed by atoms with van der Waals surface area (Å²) in [6.45, 7) is 2.35. The fourth-order valence-electron chi connectivity index (χ4n) is 3.31. The van der Waals surface area contributed by atoms with Crippen LogP contribution in [0, 0.1) is 0 Å². The van der Waals surface area contributed by atoms with Gasteiger partial charge in [-0.3, -0.25) is 9.78 Å². The van der Waals surface area contributed by atoms with Crippen molar-refractivity contribution in [2.45, 2.75) is 36.4 Å². The number of aromatic nitrogens is 1. The van der Waals surface area contributed by atoms with E-state index in [9.17, 15) is 31.9 Å². The molecule has 0 saturated carbocycles. The number of carbonyl (C=O) groups is 2. The van der Waals surface area contributed by atoms with E-state index >= 15 is 0 Å². The first kappa shape index (κ1) is 17.5. The van der Waals surface area contributed by atoms with Crippen molar-refractivity contribution in [1.82, 2.24) is 9.88 Å². The predicted molar refractivity (Wildman–Crippen MR) is 82.2 cm³/mol. The molecule has 25 heavy (non-hydrogen) atoms. The molecule has 1 amide bonds. The first-order valence-corrected chi connectivity index (χ1v) is 8.80. The molecular formula is C15H14F2N2O5S. The third-order valence-corrected chi connectivity index (χ3v) is 7.35. The minimum atomic E-state index is -4.22. The van der Waals surface area contributed by atoms with E-state index in [1.54, 1.807) is 0 Å². The number of pyridine rings is 1. The highest BCUT2D eigenvalue weighted by molar-refractivity contribution is 7.94. The maximum absolute atomic E-state index is 13.6. The fraction of sp³-hybridized carbons (Fsp3) is 0.400. The highest BCUT2D eigenvalue weighted by Crippen LogP contribution is 2.50. The van der Waals surface area contributed by atoms with Crippen molar-refractivity contribution in [1.29, 1.82) is 0 Å². The van der Waals surface area contributed by atoms with E-state index in [4.69, 9.17) is 0 Å². The Hall–Kier alpha value is -2.36. The molecule has 10 heteroatoms. The number of alkyl halides is 2. The summed E-state index contributed by atoms with van der Waals surface area (Å²) in [5.41, 5.74) is -1.60. The van der Waals surface area contributed by atoms with Gasteiger partial charge in [-0.05, 0) is 26.0 Å². The molecule has 3 rings (SSSR count). The Balaban J connectivity index is 2.25. The van der Waals surface area contributed by atoms with Gasteiger partial charge in [-0.1, -0.05) is 6.07 Å². The number of amides is 1. The number of sulfone groups is 1. The summed E-state index contributed by atoms with van der Waals surface area (Å²) in [6, 6.07) is 2.52. The summed E-state index contributed by atoms with van der Waals surface area (Å²) in [4.78, 5) is 28.3. The van der Waals surface area contributed by atoms with E-state index < -0.39 is 55.4 Å². The molecule has 0 aromatic carbocycles. The Morgan fingerprint density at radius 1 is 1.36 bits per heavy atom. The van der Waals surface area contributed by atoms with Crippen molar-refractivity contribution < 1.29 is 31.9 Å². The highest BCUT2D eigenvalue weighted by atomic mass is 32.2. The van der Waals surface area contributed by atoms with Crippen LogP contribution in [-0.2, 0) is 19.4 Å². The Bertz CT molecular complexity index is 896. The van der Waals surface area contributed by atoms with Crippen LogP contribution in [0.1, 0.15) is 19.5 Å². The molecular weight excluding hydrogens is 358 g/mol. The van der Waals surface area contributed by atoms with Crippen LogP contribution in [0.15, 0.2) is 30.0 Å². The van der Waals surface area contributed by atoms with Crippen LogP contribution in [0.2, 0.25) is 0 Å². The highest BCUT2D eigenvalue weighted by Gasteiger charge is 2.71. The molecule has 7 nitrogen and oxygen atoms in total. The Kier molecular flexibility index (Phi) is 3.71. The van der Waals surface area contributed by atoms with Gasteiger partial charge < -0.3 is 10.0 Å². The molecule has 0 aliphatic carbocycles. The molecule has 2 aliphatic heterocycles. The maximum atomic E-state index is 13.6. The number of β-lactam (4-membered cyclic amide) rings is 1. The zero-order valence-electron chi connectivity index (χ0n) is 13.2. The standard InChI is InChI=1S/C15H14F2N2O5S/c1-15(2)10(14(21)22)19-12(20)9(13(19)25(15,23)24)8(11(16)17)7-5-3-4-6-18-7/h3-6,10-11,13H,1-2H3,(H,21,22)/b9-8+/t10-,13+/m0/s1. The number of carbonyl (C=O) groups excluding carboxylic acids is 1. The van der Waals surface area contributed by atoms with Crippen molar-refractivity contribution >= 4 is 27.3 Å². The number of rotatable bonds is 3. The fourth-order valence-corrected chi connectivity index (χ4v) is 5.47. The predicted octanol–water partition coefficient (Wildman–Crippen LogP) is 0.929. The molecule has 0 spiro atoms. The molecule has 1 aromatic rings. The number of allylic oxidation sites excluding steroid dienone is 1. The van der Waals surface area contributed by atoms with Crippen molar-refractivity contribution in [3.05, 3.63) is 35.7 Å². The second kappa shape index (κ2) is 5.32. The minimum absolute atomic E-state index is 0.215. The number of fused-ring (bicyclic) bond motifs is 1. The van der Waals surface area contributed by atoms with E-state index in [1.165, 1.54) is 38.2 Å². The van der Waals surface area contributed by atoms with Crippen molar-refractivity contribution in [3.8, 4) is 0 Å². The summed E-state index contributed by atoms with van der Waals surface area (Å²) in [5, 5.41) is 7.63. The van der Waals surface area contributed by atoms with Gasteiger partial charge in [-0.15, -0.1) is 0 Å². The number of carboxylic acids is 1. The molecule has 1 N–H and O–H groups in total. The van der Waals surface area contributed by atoms with Gasteiger partial charge in [0.25, 0.3) is 12.3 Å². The maximum Gasteiger partial charge on any atom is 0.328 e. The van der Waals surface area contributed by atoms with Gasteiger partial charge >= 0.3 is 5.97 Å². The average molecular weight is 372 g/mol. The molecule has 0 unspecified atom stereocenters. The summed E-state index contributed by atoms with van der Waals surface area (Å²) in [5.74, 6) is -2.52. The van der Waals surface area contributed by atoms with E-state index in [0.717, 1.165) is 0 Å². The van der Waals surface area contributed by atoms with Gasteiger partial charge in [0, 0.05) is 6.20 Å². The van der Waals surface area contributed by atoms with Crippen LogP contribution < -0.4 is 0 Å².